The number of rotatable bonds is 6. The van der Waals surface area contributed by atoms with Crippen LogP contribution in [0.3, 0.4) is 0 Å². The summed E-state index contributed by atoms with van der Waals surface area (Å²) >= 11 is 0. The van der Waals surface area contributed by atoms with Crippen molar-refractivity contribution in [3.05, 3.63) is 91.0 Å². The minimum absolute atomic E-state index is 0. The molecule has 1 nitrogen and oxygen atoms in total. The zero-order valence-electron chi connectivity index (χ0n) is 18.3. The van der Waals surface area contributed by atoms with E-state index in [0.29, 0.717) is 0 Å². The van der Waals surface area contributed by atoms with E-state index in [2.05, 4.69) is 104 Å². The summed E-state index contributed by atoms with van der Waals surface area (Å²) in [6.07, 6.45) is 5.55. The summed E-state index contributed by atoms with van der Waals surface area (Å²) in [5, 5.41) is 4.83. The first-order valence-electron chi connectivity index (χ1n) is 11.1. The number of hydrogen-bond donors (Lipinski definition) is 1. The lowest BCUT2D eigenvalue weighted by molar-refractivity contribution is -0.894. The van der Waals surface area contributed by atoms with Crippen molar-refractivity contribution in [1.29, 1.82) is 0 Å². The predicted octanol–water partition coefficient (Wildman–Crippen LogP) is -0.444. The van der Waals surface area contributed by atoms with Crippen molar-refractivity contribution < 1.29 is 17.3 Å². The summed E-state index contributed by atoms with van der Waals surface area (Å²) in [4.78, 5) is 1.85. The molecule has 4 heteroatoms. The molecule has 158 valence electrons. The highest BCUT2D eigenvalue weighted by Crippen LogP contribution is 2.20. The van der Waals surface area contributed by atoms with Gasteiger partial charge in [-0.3, -0.25) is 0 Å². The van der Waals surface area contributed by atoms with Gasteiger partial charge in [0, 0.05) is 0 Å². The number of hydrogen-bond acceptors (Lipinski definition) is 0. The summed E-state index contributed by atoms with van der Waals surface area (Å²) in [7, 11) is -3.81. The van der Waals surface area contributed by atoms with E-state index in [4.69, 9.17) is 0 Å². The maximum atomic E-state index is 2.70. The highest BCUT2D eigenvalue weighted by Gasteiger charge is 2.54. The van der Waals surface area contributed by atoms with Gasteiger partial charge in [0.2, 0.25) is 0 Å². The Labute approximate surface area is 190 Å². The van der Waals surface area contributed by atoms with Gasteiger partial charge in [-0.1, -0.05) is 120 Å². The lowest BCUT2D eigenvalue weighted by Crippen LogP contribution is -3.17. The third-order valence-corrected chi connectivity index (χ3v) is 25.1. The number of nitrogens with one attached hydrogen (secondary N) is 1. The molecule has 4 rings (SSSR count). The molecule has 0 amide bonds. The van der Waals surface area contributed by atoms with Gasteiger partial charge in [0.1, 0.15) is 15.2 Å². The molecule has 3 aromatic rings. The SMILES string of the molecule is C[Si](c1ccccc1)(c1ccccc1)[Si@](C)(C[NH+]1CCCCC1)c1ccccc1.[Cl-]. The number of halogens is 1. The Bertz CT molecular complexity index is 859. The quantitative estimate of drug-likeness (QED) is 0.484. The fraction of sp³-hybridized carbons (Fsp3) is 0.308. The summed E-state index contributed by atoms with van der Waals surface area (Å²) in [6, 6.07) is 34.6. The van der Waals surface area contributed by atoms with Crippen molar-refractivity contribution in [3.8, 4) is 0 Å². The molecule has 1 heterocycles. The van der Waals surface area contributed by atoms with Gasteiger partial charge >= 0.3 is 0 Å². The molecule has 1 aliphatic heterocycles. The zero-order valence-corrected chi connectivity index (χ0v) is 21.0. The smallest absolute Gasteiger partial charge is 0.150 e. The predicted molar refractivity (Wildman–Crippen MR) is 131 cm³/mol. The Morgan fingerprint density at radius 3 is 1.43 bits per heavy atom. The molecule has 30 heavy (non-hydrogen) atoms. The fourth-order valence-corrected chi connectivity index (χ4v) is 21.1. The third kappa shape index (κ3) is 4.35. The molecule has 3 aromatic carbocycles. The van der Waals surface area contributed by atoms with Crippen LogP contribution in [-0.2, 0) is 0 Å². The molecule has 0 spiro atoms. The standard InChI is InChI=1S/C26H33NSi2.ClH/c1-28(24-15-7-3-8-16-24,23-27-21-13-6-14-22-27)29(2,25-17-9-4-10-18-25)26-19-11-5-12-20-26;/h3-5,7-12,15-20H,6,13-14,21-23H2,1-2H3;1H/t28-;/m1./s1. The number of likely N-dealkylation sites (tertiary alicyclic amines) is 1. The molecule has 1 saturated heterocycles. The van der Waals surface area contributed by atoms with E-state index in [9.17, 15) is 0 Å². The molecule has 1 N–H and O–H groups in total. The lowest BCUT2D eigenvalue weighted by Gasteiger charge is -2.46. The molecular weight excluding hydrogens is 418 g/mol. The van der Waals surface area contributed by atoms with Crippen LogP contribution in [-0.4, -0.2) is 34.4 Å². The number of benzene rings is 3. The van der Waals surface area contributed by atoms with Gasteiger partial charge in [0.15, 0.2) is 0 Å². The first kappa shape index (κ1) is 23.0. The number of piperidine rings is 1. The van der Waals surface area contributed by atoms with E-state index in [1.165, 1.54) is 38.5 Å². The van der Waals surface area contributed by atoms with E-state index in [1.54, 1.807) is 15.6 Å². The normalized spacial score (nSPS) is 17.0. The topological polar surface area (TPSA) is 4.44 Å². The first-order valence-corrected chi connectivity index (χ1v) is 17.4. The average molecular weight is 452 g/mol. The Morgan fingerprint density at radius 2 is 1.00 bits per heavy atom. The molecule has 1 aliphatic rings. The second-order valence-electron chi connectivity index (χ2n) is 9.04. The van der Waals surface area contributed by atoms with Crippen molar-refractivity contribution in [1.82, 2.24) is 0 Å². The van der Waals surface area contributed by atoms with Gasteiger partial charge in [-0.25, -0.2) is 0 Å². The Hall–Kier alpha value is -1.66. The second kappa shape index (κ2) is 10.1. The van der Waals surface area contributed by atoms with Gasteiger partial charge in [-0.15, -0.1) is 0 Å². The Morgan fingerprint density at radius 1 is 0.600 bits per heavy atom. The summed E-state index contributed by atoms with van der Waals surface area (Å²) in [5.74, 6) is 0. The van der Waals surface area contributed by atoms with Crippen LogP contribution in [0.1, 0.15) is 19.3 Å². The average Bonchev–Trinajstić information content (AvgIpc) is 2.81. The molecule has 1 atom stereocenters. The molecule has 0 bridgehead atoms. The van der Waals surface area contributed by atoms with Crippen molar-refractivity contribution in [2.75, 3.05) is 19.3 Å². The molecule has 0 saturated carbocycles. The zero-order chi connectivity index (χ0) is 20.2. The first-order chi connectivity index (χ1) is 14.1. The van der Waals surface area contributed by atoms with E-state index < -0.39 is 15.2 Å². The van der Waals surface area contributed by atoms with Crippen LogP contribution in [0.25, 0.3) is 0 Å². The maximum Gasteiger partial charge on any atom is 0.150 e. The van der Waals surface area contributed by atoms with Gasteiger partial charge in [-0.2, -0.15) is 0 Å². The monoisotopic (exact) mass is 451 g/mol. The van der Waals surface area contributed by atoms with Crippen molar-refractivity contribution >= 4 is 30.7 Å². The van der Waals surface area contributed by atoms with Gasteiger partial charge in [0.05, 0.1) is 19.3 Å². The van der Waals surface area contributed by atoms with E-state index in [0.717, 1.165) is 0 Å². The van der Waals surface area contributed by atoms with Crippen molar-refractivity contribution in [3.63, 3.8) is 0 Å². The highest BCUT2D eigenvalue weighted by molar-refractivity contribution is 7.55. The Kier molecular flexibility index (Phi) is 7.75. The number of quaternary nitrogens is 1. The molecular formula is C26H34ClNSi2. The van der Waals surface area contributed by atoms with Crippen LogP contribution in [0.2, 0.25) is 13.1 Å². The maximum absolute atomic E-state index is 2.70. The van der Waals surface area contributed by atoms with Crippen LogP contribution in [0.5, 0.6) is 0 Å². The van der Waals surface area contributed by atoms with Crippen molar-refractivity contribution in [2.24, 2.45) is 0 Å². The summed E-state index contributed by atoms with van der Waals surface area (Å²) < 4.78 is 0. The van der Waals surface area contributed by atoms with Crippen LogP contribution >= 0.6 is 0 Å². The third-order valence-electron chi connectivity index (χ3n) is 7.38. The summed E-state index contributed by atoms with van der Waals surface area (Å²) in [6.45, 7) is 8.07. The van der Waals surface area contributed by atoms with Gasteiger partial charge in [-0.05, 0) is 19.3 Å². The minimum atomic E-state index is -1.96. The molecule has 1 fully saturated rings. The summed E-state index contributed by atoms with van der Waals surface area (Å²) in [5.41, 5.74) is 0. The van der Waals surface area contributed by atoms with E-state index >= 15 is 0 Å². The fourth-order valence-electron chi connectivity index (χ4n) is 5.45. The van der Waals surface area contributed by atoms with Crippen LogP contribution in [0, 0.1) is 0 Å². The largest absolute Gasteiger partial charge is 1.00 e. The second-order valence-corrected chi connectivity index (χ2v) is 22.4. The van der Waals surface area contributed by atoms with Crippen LogP contribution < -0.4 is 32.9 Å². The lowest BCUT2D eigenvalue weighted by atomic mass is 10.1. The van der Waals surface area contributed by atoms with Crippen LogP contribution in [0.4, 0.5) is 0 Å². The minimum Gasteiger partial charge on any atom is -1.00 e. The molecule has 0 unspecified atom stereocenters. The van der Waals surface area contributed by atoms with Gasteiger partial charge < -0.3 is 17.3 Å². The van der Waals surface area contributed by atoms with Crippen molar-refractivity contribution in [2.45, 2.75) is 32.4 Å². The van der Waals surface area contributed by atoms with E-state index in [-0.39, 0.29) is 12.4 Å². The van der Waals surface area contributed by atoms with Gasteiger partial charge in [0.25, 0.3) is 0 Å². The highest BCUT2D eigenvalue weighted by atomic mass is 35.5. The molecule has 0 radical (unpaired) electrons. The van der Waals surface area contributed by atoms with E-state index in [1.807, 2.05) is 4.90 Å². The molecule has 0 aliphatic carbocycles. The van der Waals surface area contributed by atoms with Crippen LogP contribution in [0.15, 0.2) is 91.0 Å². The molecule has 0 aromatic heterocycles. The Balaban J connectivity index is 0.00000256.